The second kappa shape index (κ2) is 10.3. The number of nitrogens with zero attached hydrogens (tertiary/aromatic N) is 2. The average molecular weight is 354 g/mol. The van der Waals surface area contributed by atoms with E-state index in [4.69, 9.17) is 16.6 Å². The number of nitrogens with one attached hydrogen (secondary N) is 2. The van der Waals surface area contributed by atoms with Gasteiger partial charge in [0.25, 0.3) is 0 Å². The summed E-state index contributed by atoms with van der Waals surface area (Å²) in [6.07, 6.45) is -6.26. The van der Waals surface area contributed by atoms with E-state index >= 15 is 0 Å². The largest absolute Gasteiger partial charge is 0.394 e. The molecular formula is C9H18N6O5S2. The molecular weight excluding hydrogens is 336 g/mol. The van der Waals surface area contributed by atoms with Gasteiger partial charge in [-0.15, -0.1) is 0 Å². The van der Waals surface area contributed by atoms with Gasteiger partial charge in [-0.3, -0.25) is 10.9 Å². The van der Waals surface area contributed by atoms with Crippen molar-refractivity contribution in [2.75, 3.05) is 6.61 Å². The van der Waals surface area contributed by atoms with Gasteiger partial charge in [-0.2, -0.15) is 10.2 Å². The molecule has 0 fully saturated rings. The van der Waals surface area contributed by atoms with Crippen LogP contribution in [0.4, 0.5) is 0 Å². The Morgan fingerprint density at radius 3 is 2.05 bits per heavy atom. The molecule has 0 aliphatic rings. The van der Waals surface area contributed by atoms with E-state index in [2.05, 4.69) is 45.5 Å². The van der Waals surface area contributed by atoms with Gasteiger partial charge in [-0.25, -0.2) is 0 Å². The predicted molar refractivity (Wildman–Crippen MR) is 86.9 cm³/mol. The van der Waals surface area contributed by atoms with Gasteiger partial charge in [0.15, 0.2) is 10.2 Å². The summed E-state index contributed by atoms with van der Waals surface area (Å²) in [6, 6.07) is 0. The van der Waals surface area contributed by atoms with E-state index < -0.39 is 31.0 Å². The highest BCUT2D eigenvalue weighted by atomic mass is 32.1. The van der Waals surface area contributed by atoms with Crippen molar-refractivity contribution in [2.24, 2.45) is 21.7 Å². The average Bonchev–Trinajstić information content (AvgIpc) is 2.46. The van der Waals surface area contributed by atoms with E-state index in [0.29, 0.717) is 0 Å². The summed E-state index contributed by atoms with van der Waals surface area (Å²) < 4.78 is 0. The molecule has 11 nitrogen and oxygen atoms in total. The van der Waals surface area contributed by atoms with E-state index in [0.717, 1.165) is 6.21 Å². The standard InChI is InChI=1S/C9H18N6O5S2/c10-8(21)14-12-1-3(13-15-9(11)22)5(18)7(20)6(19)4(17)2-16/h1,4-7,16-20H,2H2,(H3,10,14,21)(H3,11,15,22)/t4-,5+,6+,7-/m1/s1. The molecule has 0 bridgehead atoms. The van der Waals surface area contributed by atoms with Crippen molar-refractivity contribution in [3.8, 4) is 0 Å². The molecule has 13 heteroatoms. The molecule has 0 saturated heterocycles. The van der Waals surface area contributed by atoms with Crippen LogP contribution in [0.2, 0.25) is 0 Å². The minimum absolute atomic E-state index is 0.163. The van der Waals surface area contributed by atoms with Gasteiger partial charge < -0.3 is 37.0 Å². The molecule has 0 amide bonds. The smallest absolute Gasteiger partial charge is 0.184 e. The number of aliphatic hydroxyl groups is 5. The van der Waals surface area contributed by atoms with Crippen LogP contribution in [0, 0.1) is 0 Å². The number of rotatable bonds is 8. The summed E-state index contributed by atoms with van der Waals surface area (Å²) in [5.74, 6) is 0. The maximum atomic E-state index is 9.93. The summed E-state index contributed by atoms with van der Waals surface area (Å²) in [5.41, 5.74) is 14.3. The van der Waals surface area contributed by atoms with Crippen molar-refractivity contribution in [3.63, 3.8) is 0 Å². The van der Waals surface area contributed by atoms with Gasteiger partial charge in [0, 0.05) is 0 Å². The lowest BCUT2D eigenvalue weighted by molar-refractivity contribution is -0.100. The second-order valence-corrected chi connectivity index (χ2v) is 4.80. The van der Waals surface area contributed by atoms with Crippen LogP contribution in [0.15, 0.2) is 10.2 Å². The first-order chi connectivity index (χ1) is 10.2. The summed E-state index contributed by atoms with van der Waals surface area (Å²) in [5, 5.41) is 53.9. The number of hydrogen-bond donors (Lipinski definition) is 9. The first kappa shape index (κ1) is 20.5. The Hall–Kier alpha value is -1.48. The molecule has 0 heterocycles. The van der Waals surface area contributed by atoms with Crippen molar-refractivity contribution in [1.82, 2.24) is 10.9 Å². The van der Waals surface area contributed by atoms with Crippen molar-refractivity contribution in [1.29, 1.82) is 0 Å². The maximum absolute atomic E-state index is 9.93. The second-order valence-electron chi connectivity index (χ2n) is 3.92. The van der Waals surface area contributed by atoms with Gasteiger partial charge in [-0.05, 0) is 24.4 Å². The van der Waals surface area contributed by atoms with Crippen LogP contribution >= 0.6 is 24.4 Å². The number of hydrogen-bond acceptors (Lipinski definition) is 9. The van der Waals surface area contributed by atoms with Crippen molar-refractivity contribution in [3.05, 3.63) is 0 Å². The quantitative estimate of drug-likeness (QED) is 0.115. The highest BCUT2D eigenvalue weighted by Crippen LogP contribution is 2.06. The summed E-state index contributed by atoms with van der Waals surface area (Å²) >= 11 is 9.03. The molecule has 11 N–H and O–H groups in total. The Labute approximate surface area is 136 Å². The first-order valence-corrected chi connectivity index (χ1v) is 6.57. The number of hydrazone groups is 2. The SMILES string of the molecule is NC(=S)NN=CC(=NNC(N)=S)[C@H](O)[C@@H](O)[C@@H](O)[C@H](O)CO. The summed E-state index contributed by atoms with van der Waals surface area (Å²) in [6.45, 7) is -0.820. The lowest BCUT2D eigenvalue weighted by Crippen LogP contribution is -2.49. The molecule has 22 heavy (non-hydrogen) atoms. The van der Waals surface area contributed by atoms with Crippen LogP contribution in [-0.2, 0) is 0 Å². The first-order valence-electron chi connectivity index (χ1n) is 5.75. The molecule has 0 radical (unpaired) electrons. The third-order valence-electron chi connectivity index (χ3n) is 2.22. The molecule has 0 saturated carbocycles. The van der Waals surface area contributed by atoms with Crippen molar-refractivity contribution >= 4 is 46.6 Å². The molecule has 0 rings (SSSR count). The number of thiocarbonyl (C=S) groups is 2. The zero-order chi connectivity index (χ0) is 17.3. The van der Waals surface area contributed by atoms with E-state index in [1.165, 1.54) is 0 Å². The molecule has 0 aromatic carbocycles. The third-order valence-corrected chi connectivity index (χ3v) is 2.41. The zero-order valence-corrected chi connectivity index (χ0v) is 12.8. The normalized spacial score (nSPS) is 17.6. The third kappa shape index (κ3) is 7.51. The van der Waals surface area contributed by atoms with Crippen LogP contribution in [0.5, 0.6) is 0 Å². The maximum Gasteiger partial charge on any atom is 0.184 e. The highest BCUT2D eigenvalue weighted by Gasteiger charge is 2.32. The van der Waals surface area contributed by atoms with Gasteiger partial charge in [0.2, 0.25) is 0 Å². The van der Waals surface area contributed by atoms with E-state index in [1.807, 2.05) is 0 Å². The van der Waals surface area contributed by atoms with Crippen molar-refractivity contribution in [2.45, 2.75) is 24.4 Å². The predicted octanol–water partition coefficient (Wildman–Crippen LogP) is -4.57. The van der Waals surface area contributed by atoms with Crippen LogP contribution in [0.25, 0.3) is 0 Å². The minimum atomic E-state index is -1.88. The molecule has 0 aromatic rings. The lowest BCUT2D eigenvalue weighted by Gasteiger charge is -2.25. The van der Waals surface area contributed by atoms with Gasteiger partial charge in [0.1, 0.15) is 30.1 Å². The molecule has 0 spiro atoms. The topological polar surface area (TPSA) is 202 Å². The summed E-state index contributed by atoms with van der Waals surface area (Å²) in [4.78, 5) is 0. The van der Waals surface area contributed by atoms with Crippen molar-refractivity contribution < 1.29 is 25.5 Å². The molecule has 4 atom stereocenters. The highest BCUT2D eigenvalue weighted by molar-refractivity contribution is 7.80. The van der Waals surface area contributed by atoms with Crippen LogP contribution < -0.4 is 22.3 Å². The number of nitrogens with two attached hydrogens (primary N) is 2. The number of aliphatic hydroxyl groups excluding tert-OH is 5. The summed E-state index contributed by atoms with van der Waals surface area (Å²) in [7, 11) is 0. The molecule has 126 valence electrons. The monoisotopic (exact) mass is 354 g/mol. The van der Waals surface area contributed by atoms with E-state index in [9.17, 15) is 20.4 Å². The lowest BCUT2D eigenvalue weighted by atomic mass is 10.0. The Morgan fingerprint density at radius 2 is 1.59 bits per heavy atom. The Bertz CT molecular complexity index is 448. The van der Waals surface area contributed by atoms with Gasteiger partial charge in [-0.1, -0.05) is 0 Å². The van der Waals surface area contributed by atoms with Crippen LogP contribution in [-0.4, -0.2) is 78.7 Å². The Morgan fingerprint density at radius 1 is 1.05 bits per heavy atom. The van der Waals surface area contributed by atoms with Crippen LogP contribution in [0.3, 0.4) is 0 Å². The molecule has 0 aromatic heterocycles. The van der Waals surface area contributed by atoms with E-state index in [1.54, 1.807) is 0 Å². The molecule has 0 aliphatic carbocycles. The van der Waals surface area contributed by atoms with Gasteiger partial charge >= 0.3 is 0 Å². The molecule has 0 unspecified atom stereocenters. The van der Waals surface area contributed by atoms with Crippen LogP contribution in [0.1, 0.15) is 0 Å². The zero-order valence-electron chi connectivity index (χ0n) is 11.2. The molecule has 0 aliphatic heterocycles. The Balaban J connectivity index is 5.13. The van der Waals surface area contributed by atoms with Gasteiger partial charge in [0.05, 0.1) is 12.8 Å². The minimum Gasteiger partial charge on any atom is -0.394 e. The fraction of sp³-hybridized carbons (Fsp3) is 0.556. The Kier molecular flexibility index (Phi) is 9.59. The fourth-order valence-electron chi connectivity index (χ4n) is 1.15. The van der Waals surface area contributed by atoms with E-state index in [-0.39, 0.29) is 15.9 Å². The fourth-order valence-corrected chi connectivity index (χ4v) is 1.25.